The number of nitrogens with zero attached hydrogens (tertiary/aromatic N) is 2. The minimum absolute atomic E-state index is 0.00789. The van der Waals surface area contributed by atoms with Gasteiger partial charge in [-0.3, -0.25) is 4.79 Å². The van der Waals surface area contributed by atoms with Crippen LogP contribution in [0.25, 0.3) is 5.52 Å². The second-order valence-electron chi connectivity index (χ2n) is 6.10. The van der Waals surface area contributed by atoms with Crippen LogP contribution in [0.3, 0.4) is 0 Å². The molecule has 2 aromatic rings. The first-order chi connectivity index (χ1) is 10.2. The van der Waals surface area contributed by atoms with Crippen molar-refractivity contribution in [1.29, 1.82) is 0 Å². The van der Waals surface area contributed by atoms with Crippen LogP contribution >= 0.6 is 11.6 Å². The molecule has 0 radical (unpaired) electrons. The van der Waals surface area contributed by atoms with E-state index in [4.69, 9.17) is 11.6 Å². The molecule has 5 heteroatoms. The first-order valence-electron chi connectivity index (χ1n) is 7.50. The molecule has 2 aromatic heterocycles. The van der Waals surface area contributed by atoms with Crippen LogP contribution in [0.4, 0.5) is 0 Å². The van der Waals surface area contributed by atoms with Gasteiger partial charge in [-0.25, -0.2) is 0 Å². The van der Waals surface area contributed by atoms with Crippen molar-refractivity contribution in [3.63, 3.8) is 0 Å². The van der Waals surface area contributed by atoms with Crippen molar-refractivity contribution in [2.24, 2.45) is 5.92 Å². The van der Waals surface area contributed by atoms with E-state index in [9.17, 15) is 4.79 Å². The number of rotatable bonds is 2. The van der Waals surface area contributed by atoms with E-state index >= 15 is 0 Å². The molecule has 0 saturated carbocycles. The molecule has 1 N–H and O–H groups in total. The lowest BCUT2D eigenvalue weighted by atomic mass is 9.84. The smallest absolute Gasteiger partial charge is 0.253 e. The third kappa shape index (κ3) is 2.32. The molecule has 0 aliphatic carbocycles. The maximum Gasteiger partial charge on any atom is 0.253 e. The number of nitrogens with one attached hydrogen (secondary N) is 1. The van der Waals surface area contributed by atoms with Crippen LogP contribution < -0.4 is 5.32 Å². The van der Waals surface area contributed by atoms with E-state index < -0.39 is 0 Å². The Kier molecular flexibility index (Phi) is 3.16. The summed E-state index contributed by atoms with van der Waals surface area (Å²) in [5, 5.41) is 3.88. The van der Waals surface area contributed by atoms with E-state index in [1.165, 1.54) is 25.9 Å². The highest BCUT2D eigenvalue weighted by Crippen LogP contribution is 2.28. The van der Waals surface area contributed by atoms with Crippen molar-refractivity contribution in [2.45, 2.75) is 18.9 Å². The highest BCUT2D eigenvalue weighted by Gasteiger charge is 2.35. The topological polar surface area (TPSA) is 36.8 Å². The van der Waals surface area contributed by atoms with Crippen LogP contribution in [0.5, 0.6) is 0 Å². The van der Waals surface area contributed by atoms with Crippen molar-refractivity contribution in [2.75, 3.05) is 19.6 Å². The third-order valence-corrected chi connectivity index (χ3v) is 5.14. The van der Waals surface area contributed by atoms with E-state index in [-0.39, 0.29) is 5.91 Å². The number of carbonyl (C=O) groups is 1. The van der Waals surface area contributed by atoms with Gasteiger partial charge in [-0.1, -0.05) is 11.6 Å². The second kappa shape index (κ2) is 5.04. The van der Waals surface area contributed by atoms with Gasteiger partial charge in [0.05, 0.1) is 16.1 Å². The fourth-order valence-electron chi connectivity index (χ4n) is 3.60. The van der Waals surface area contributed by atoms with Gasteiger partial charge in [-0.2, -0.15) is 0 Å². The third-order valence-electron chi connectivity index (χ3n) is 4.82. The SMILES string of the molecule is O=C(NC1CN2CCC1CC2)c1cc2c(Cl)cccn2c1. The summed E-state index contributed by atoms with van der Waals surface area (Å²) in [6.07, 6.45) is 6.16. The minimum atomic E-state index is 0.00789. The quantitative estimate of drug-likeness (QED) is 0.925. The zero-order valence-electron chi connectivity index (χ0n) is 11.8. The average Bonchev–Trinajstić information content (AvgIpc) is 2.94. The first-order valence-corrected chi connectivity index (χ1v) is 7.88. The molecule has 2 bridgehead atoms. The van der Waals surface area contributed by atoms with Crippen molar-refractivity contribution < 1.29 is 4.79 Å². The highest BCUT2D eigenvalue weighted by atomic mass is 35.5. The van der Waals surface area contributed by atoms with Crippen LogP contribution in [0.15, 0.2) is 30.6 Å². The number of hydrogen-bond donors (Lipinski definition) is 1. The Labute approximate surface area is 128 Å². The Morgan fingerprint density at radius 3 is 2.81 bits per heavy atom. The van der Waals surface area contributed by atoms with Crippen LogP contribution in [-0.2, 0) is 0 Å². The van der Waals surface area contributed by atoms with Gasteiger partial charge in [0.15, 0.2) is 0 Å². The summed E-state index contributed by atoms with van der Waals surface area (Å²) in [6, 6.07) is 5.87. The normalized spacial score (nSPS) is 28.0. The summed E-state index contributed by atoms with van der Waals surface area (Å²) in [5.74, 6) is 0.646. The second-order valence-corrected chi connectivity index (χ2v) is 6.50. The fraction of sp³-hybridized carbons (Fsp3) is 0.438. The van der Waals surface area contributed by atoms with Crippen LogP contribution in [0.1, 0.15) is 23.2 Å². The lowest BCUT2D eigenvalue weighted by Gasteiger charge is -2.44. The van der Waals surface area contributed by atoms with Gasteiger partial charge in [-0.15, -0.1) is 0 Å². The molecule has 3 saturated heterocycles. The van der Waals surface area contributed by atoms with E-state index in [2.05, 4.69) is 10.2 Å². The molecule has 21 heavy (non-hydrogen) atoms. The maximum atomic E-state index is 12.5. The summed E-state index contributed by atoms with van der Waals surface area (Å²) in [6.45, 7) is 3.36. The summed E-state index contributed by atoms with van der Waals surface area (Å²) >= 11 is 6.16. The van der Waals surface area contributed by atoms with Gasteiger partial charge in [0.1, 0.15) is 0 Å². The summed E-state index contributed by atoms with van der Waals surface area (Å²) in [5.41, 5.74) is 1.55. The van der Waals surface area contributed by atoms with Crippen molar-refractivity contribution in [3.8, 4) is 0 Å². The lowest BCUT2D eigenvalue weighted by Crippen LogP contribution is -2.57. The molecule has 110 valence electrons. The molecule has 5 heterocycles. The van der Waals surface area contributed by atoms with Gasteiger partial charge in [-0.05, 0) is 50.0 Å². The summed E-state index contributed by atoms with van der Waals surface area (Å²) in [4.78, 5) is 14.9. The van der Waals surface area contributed by atoms with Crippen molar-refractivity contribution >= 4 is 23.0 Å². The molecule has 3 aliphatic heterocycles. The number of fused-ring (bicyclic) bond motifs is 4. The van der Waals surface area contributed by atoms with Crippen molar-refractivity contribution in [1.82, 2.24) is 14.6 Å². The fourth-order valence-corrected chi connectivity index (χ4v) is 3.83. The minimum Gasteiger partial charge on any atom is -0.348 e. The Morgan fingerprint density at radius 2 is 2.14 bits per heavy atom. The monoisotopic (exact) mass is 303 g/mol. The molecular weight excluding hydrogens is 286 g/mol. The number of amides is 1. The number of hydrogen-bond acceptors (Lipinski definition) is 2. The molecule has 4 nitrogen and oxygen atoms in total. The Hall–Kier alpha value is -1.52. The number of aromatic nitrogens is 1. The summed E-state index contributed by atoms with van der Waals surface area (Å²) in [7, 11) is 0. The molecule has 0 aromatic carbocycles. The van der Waals surface area contributed by atoms with E-state index in [1.807, 2.05) is 35.0 Å². The number of pyridine rings is 1. The van der Waals surface area contributed by atoms with E-state index in [1.54, 1.807) is 0 Å². The first kappa shape index (κ1) is 13.2. The average molecular weight is 304 g/mol. The maximum absolute atomic E-state index is 12.5. The van der Waals surface area contributed by atoms with E-state index in [0.717, 1.165) is 12.1 Å². The largest absolute Gasteiger partial charge is 0.348 e. The summed E-state index contributed by atoms with van der Waals surface area (Å²) < 4.78 is 1.90. The zero-order valence-corrected chi connectivity index (χ0v) is 12.5. The molecule has 3 fully saturated rings. The Bertz CT molecular complexity index is 688. The van der Waals surface area contributed by atoms with E-state index in [0.29, 0.717) is 22.5 Å². The molecular formula is C16H18ClN3O. The van der Waals surface area contributed by atoms with Crippen LogP contribution in [-0.4, -0.2) is 40.9 Å². The molecule has 1 atom stereocenters. The highest BCUT2D eigenvalue weighted by molar-refractivity contribution is 6.33. The van der Waals surface area contributed by atoms with Gasteiger partial charge in [0.25, 0.3) is 5.91 Å². The van der Waals surface area contributed by atoms with Crippen LogP contribution in [0, 0.1) is 5.92 Å². The number of piperidine rings is 3. The Balaban J connectivity index is 1.55. The van der Waals surface area contributed by atoms with Crippen molar-refractivity contribution in [3.05, 3.63) is 41.2 Å². The molecule has 0 spiro atoms. The predicted octanol–water partition coefficient (Wildman–Crippen LogP) is 2.42. The van der Waals surface area contributed by atoms with Gasteiger partial charge < -0.3 is 14.6 Å². The van der Waals surface area contributed by atoms with Crippen LogP contribution in [0.2, 0.25) is 5.02 Å². The lowest BCUT2D eigenvalue weighted by molar-refractivity contribution is 0.0620. The van der Waals surface area contributed by atoms with Gasteiger partial charge in [0.2, 0.25) is 0 Å². The molecule has 3 aliphatic rings. The standard InChI is InChI=1S/C16H18ClN3O/c17-13-2-1-5-20-9-12(8-15(13)20)16(21)18-14-10-19-6-3-11(14)4-7-19/h1-2,5,8-9,11,14H,3-4,6-7,10H2,(H,18,21). The molecule has 1 amide bonds. The number of carbonyl (C=O) groups excluding carboxylic acids is 1. The zero-order chi connectivity index (χ0) is 14.4. The predicted molar refractivity (Wildman–Crippen MR) is 82.8 cm³/mol. The van der Waals surface area contributed by atoms with Gasteiger partial charge in [0, 0.05) is 25.0 Å². The Morgan fingerprint density at radius 1 is 1.33 bits per heavy atom. The molecule has 1 unspecified atom stereocenters. The van der Waals surface area contributed by atoms with Gasteiger partial charge >= 0.3 is 0 Å². The number of halogens is 1. The molecule has 5 rings (SSSR count).